The molecule has 3 aromatic rings. The van der Waals surface area contributed by atoms with Crippen LogP contribution in [-0.4, -0.2) is 16.7 Å². The van der Waals surface area contributed by atoms with Crippen LogP contribution in [0, 0.1) is 6.92 Å². The molecule has 0 aliphatic rings. The second-order valence-electron chi connectivity index (χ2n) is 4.99. The highest BCUT2D eigenvalue weighted by atomic mass is 35.5. The maximum Gasteiger partial charge on any atom is 0.283 e. The lowest BCUT2D eigenvalue weighted by molar-refractivity contribution is 0.0959. The van der Waals surface area contributed by atoms with Gasteiger partial charge >= 0.3 is 0 Å². The normalized spacial score (nSPS) is 11.4. The van der Waals surface area contributed by atoms with Crippen LogP contribution in [-0.2, 0) is 7.05 Å². The van der Waals surface area contributed by atoms with E-state index in [1.165, 1.54) is 11.3 Å². The van der Waals surface area contributed by atoms with E-state index in [1.54, 1.807) is 6.21 Å². The van der Waals surface area contributed by atoms with E-state index in [-0.39, 0.29) is 5.91 Å². The number of hydrazone groups is 1. The first-order valence-corrected chi connectivity index (χ1v) is 7.89. The van der Waals surface area contributed by atoms with E-state index in [1.807, 2.05) is 55.1 Å². The number of fused-ring (bicyclic) bond motifs is 1. The van der Waals surface area contributed by atoms with Gasteiger partial charge < -0.3 is 4.57 Å². The van der Waals surface area contributed by atoms with E-state index < -0.39 is 0 Å². The molecular weight excluding hydrogens is 318 g/mol. The van der Waals surface area contributed by atoms with Crippen molar-refractivity contribution in [2.75, 3.05) is 0 Å². The lowest BCUT2D eigenvalue weighted by Gasteiger charge is -1.98. The van der Waals surface area contributed by atoms with E-state index in [9.17, 15) is 4.79 Å². The first-order valence-electron chi connectivity index (χ1n) is 6.69. The first kappa shape index (κ1) is 14.8. The molecule has 0 unspecified atom stereocenters. The Morgan fingerprint density at radius 2 is 2.23 bits per heavy atom. The summed E-state index contributed by atoms with van der Waals surface area (Å²) in [6.07, 6.45) is 3.51. The number of rotatable bonds is 3. The van der Waals surface area contributed by atoms with Crippen LogP contribution in [0.3, 0.4) is 0 Å². The monoisotopic (exact) mass is 331 g/mol. The molecule has 4 nitrogen and oxygen atoms in total. The fraction of sp³-hybridized carbons (Fsp3) is 0.125. The summed E-state index contributed by atoms with van der Waals surface area (Å²) < 4.78 is 2.91. The second-order valence-corrected chi connectivity index (χ2v) is 6.42. The smallest absolute Gasteiger partial charge is 0.283 e. The van der Waals surface area contributed by atoms with Gasteiger partial charge in [0, 0.05) is 23.3 Å². The minimum atomic E-state index is -0.297. The van der Waals surface area contributed by atoms with Crippen molar-refractivity contribution >= 4 is 45.1 Å². The molecule has 0 saturated carbocycles. The summed E-state index contributed by atoms with van der Waals surface area (Å²) in [4.78, 5) is 12.7. The molecule has 0 atom stereocenters. The van der Waals surface area contributed by atoms with Crippen molar-refractivity contribution in [3.63, 3.8) is 0 Å². The number of aromatic nitrogens is 1. The molecule has 0 radical (unpaired) electrons. The van der Waals surface area contributed by atoms with Crippen molar-refractivity contribution in [1.82, 2.24) is 9.99 Å². The SMILES string of the molecule is Cc1ccc2c(Cl)c(C(=O)N/N=C\c3cccn3C)sc2c1. The summed E-state index contributed by atoms with van der Waals surface area (Å²) in [6.45, 7) is 2.01. The number of hydrogen-bond acceptors (Lipinski definition) is 3. The summed E-state index contributed by atoms with van der Waals surface area (Å²) in [5.74, 6) is -0.297. The van der Waals surface area contributed by atoms with Crippen molar-refractivity contribution in [1.29, 1.82) is 0 Å². The summed E-state index contributed by atoms with van der Waals surface area (Å²) in [7, 11) is 1.91. The quantitative estimate of drug-likeness (QED) is 0.573. The zero-order valence-electron chi connectivity index (χ0n) is 12.1. The molecule has 1 N–H and O–H groups in total. The van der Waals surface area contributed by atoms with Gasteiger partial charge in [0.25, 0.3) is 5.91 Å². The summed E-state index contributed by atoms with van der Waals surface area (Å²) in [5, 5.41) is 5.36. The number of halogens is 1. The van der Waals surface area contributed by atoms with Crippen molar-refractivity contribution in [2.24, 2.45) is 12.1 Å². The van der Waals surface area contributed by atoms with Gasteiger partial charge in [0.2, 0.25) is 0 Å². The maximum atomic E-state index is 12.2. The number of thiophene rings is 1. The molecule has 1 aromatic carbocycles. The predicted octanol–water partition coefficient (Wildman–Crippen LogP) is 3.97. The molecule has 0 bridgehead atoms. The molecule has 6 heteroatoms. The van der Waals surface area contributed by atoms with Crippen molar-refractivity contribution in [2.45, 2.75) is 6.92 Å². The molecule has 0 spiro atoms. The first-order chi connectivity index (χ1) is 10.6. The van der Waals surface area contributed by atoms with E-state index in [2.05, 4.69) is 10.5 Å². The highest BCUT2D eigenvalue weighted by Gasteiger charge is 2.16. The van der Waals surface area contributed by atoms with Crippen LogP contribution < -0.4 is 5.43 Å². The van der Waals surface area contributed by atoms with Crippen molar-refractivity contribution < 1.29 is 4.79 Å². The van der Waals surface area contributed by atoms with Crippen LogP contribution in [0.25, 0.3) is 10.1 Å². The van der Waals surface area contributed by atoms with Crippen LogP contribution in [0.2, 0.25) is 5.02 Å². The number of carbonyl (C=O) groups excluding carboxylic acids is 1. The van der Waals surface area contributed by atoms with Gasteiger partial charge in [0.15, 0.2) is 0 Å². The molecule has 22 heavy (non-hydrogen) atoms. The summed E-state index contributed by atoms with van der Waals surface area (Å²) >= 11 is 7.68. The average molecular weight is 332 g/mol. The zero-order valence-corrected chi connectivity index (χ0v) is 13.7. The molecule has 2 aromatic heterocycles. The molecule has 0 aliphatic carbocycles. The Kier molecular flexibility index (Phi) is 4.00. The number of nitrogens with zero attached hydrogens (tertiary/aromatic N) is 2. The van der Waals surface area contributed by atoms with Crippen LogP contribution in [0.1, 0.15) is 20.9 Å². The van der Waals surface area contributed by atoms with E-state index in [0.29, 0.717) is 9.90 Å². The van der Waals surface area contributed by atoms with Crippen LogP contribution in [0.5, 0.6) is 0 Å². The average Bonchev–Trinajstić information content (AvgIpc) is 3.03. The Morgan fingerprint density at radius 3 is 2.95 bits per heavy atom. The Balaban J connectivity index is 1.82. The minimum absolute atomic E-state index is 0.297. The van der Waals surface area contributed by atoms with E-state index >= 15 is 0 Å². The lowest BCUT2D eigenvalue weighted by Crippen LogP contribution is -2.16. The fourth-order valence-electron chi connectivity index (χ4n) is 2.13. The number of benzene rings is 1. The number of nitrogens with one attached hydrogen (secondary N) is 1. The summed E-state index contributed by atoms with van der Waals surface area (Å²) in [6, 6.07) is 9.76. The maximum absolute atomic E-state index is 12.2. The molecule has 0 fully saturated rings. The zero-order chi connectivity index (χ0) is 15.7. The summed E-state index contributed by atoms with van der Waals surface area (Å²) in [5.41, 5.74) is 4.56. The van der Waals surface area contributed by atoms with Crippen molar-refractivity contribution in [3.05, 3.63) is 57.7 Å². The number of hydrogen-bond donors (Lipinski definition) is 1. The van der Waals surface area contributed by atoms with Gasteiger partial charge in [0.1, 0.15) is 4.88 Å². The van der Waals surface area contributed by atoms with E-state index in [0.717, 1.165) is 21.3 Å². The van der Waals surface area contributed by atoms with Gasteiger partial charge in [0.05, 0.1) is 16.9 Å². The van der Waals surface area contributed by atoms with Gasteiger partial charge in [-0.2, -0.15) is 5.10 Å². The third-order valence-electron chi connectivity index (χ3n) is 3.34. The van der Waals surface area contributed by atoms with Gasteiger partial charge in [-0.3, -0.25) is 4.79 Å². The molecule has 0 saturated heterocycles. The fourth-order valence-corrected chi connectivity index (χ4v) is 3.64. The topological polar surface area (TPSA) is 46.4 Å². The Bertz CT molecular complexity index is 879. The van der Waals surface area contributed by atoms with Gasteiger partial charge in [-0.25, -0.2) is 5.43 Å². The van der Waals surface area contributed by atoms with Crippen LogP contribution >= 0.6 is 22.9 Å². The number of aryl methyl sites for hydroxylation is 2. The Labute approximate surface area is 137 Å². The lowest BCUT2D eigenvalue weighted by atomic mass is 10.2. The highest BCUT2D eigenvalue weighted by Crippen LogP contribution is 2.35. The minimum Gasteiger partial charge on any atom is -0.350 e. The van der Waals surface area contributed by atoms with E-state index in [4.69, 9.17) is 11.6 Å². The molecule has 3 rings (SSSR count). The Morgan fingerprint density at radius 1 is 1.41 bits per heavy atom. The Hall–Kier alpha value is -2.11. The number of carbonyl (C=O) groups is 1. The molecule has 112 valence electrons. The van der Waals surface area contributed by atoms with Crippen molar-refractivity contribution in [3.8, 4) is 0 Å². The van der Waals surface area contributed by atoms with Gasteiger partial charge in [-0.1, -0.05) is 23.7 Å². The standard InChI is InChI=1S/C16H14ClN3OS/c1-10-5-6-12-13(8-10)22-15(14(12)17)16(21)19-18-9-11-4-3-7-20(11)2/h3-9H,1-2H3,(H,19,21)/b18-9-. The molecule has 1 amide bonds. The highest BCUT2D eigenvalue weighted by molar-refractivity contribution is 7.21. The molecular formula is C16H14ClN3OS. The van der Waals surface area contributed by atoms with Crippen LogP contribution in [0.4, 0.5) is 0 Å². The molecule has 2 heterocycles. The predicted molar refractivity (Wildman–Crippen MR) is 92.0 cm³/mol. The third-order valence-corrected chi connectivity index (χ3v) is 4.99. The van der Waals surface area contributed by atoms with Crippen LogP contribution in [0.15, 0.2) is 41.6 Å². The second kappa shape index (κ2) is 5.94. The van der Waals surface area contributed by atoms with Gasteiger partial charge in [-0.05, 0) is 30.7 Å². The molecule has 0 aliphatic heterocycles. The third kappa shape index (κ3) is 2.77. The number of amides is 1. The van der Waals surface area contributed by atoms with Gasteiger partial charge in [-0.15, -0.1) is 11.3 Å². The largest absolute Gasteiger partial charge is 0.350 e.